The maximum atomic E-state index is 13.3. The average molecular weight is 352 g/mol. The van der Waals surface area contributed by atoms with Gasteiger partial charge in [-0.1, -0.05) is 6.07 Å². The number of carbonyl (C=O) groups is 2. The van der Waals surface area contributed by atoms with Crippen molar-refractivity contribution in [1.82, 2.24) is 0 Å². The number of aryl methyl sites for hydroxylation is 1. The molecule has 0 fully saturated rings. The molecule has 1 heterocycles. The fraction of sp³-hybridized carbons (Fsp3) is 0.0667. The lowest BCUT2D eigenvalue weighted by molar-refractivity contribution is 0.0926. The third kappa shape index (κ3) is 2.06. The van der Waals surface area contributed by atoms with Gasteiger partial charge in [-0.2, -0.15) is 0 Å². The van der Waals surface area contributed by atoms with Gasteiger partial charge in [-0.3, -0.25) is 9.59 Å². The predicted octanol–water partition coefficient (Wildman–Crippen LogP) is 3.84. The summed E-state index contributed by atoms with van der Waals surface area (Å²) < 4.78 is 27.1. The zero-order valence-electron chi connectivity index (χ0n) is 10.8. The summed E-state index contributed by atoms with van der Waals surface area (Å²) in [5.74, 6) is -3.64. The molecule has 106 valence electrons. The second kappa shape index (κ2) is 4.73. The fourth-order valence-corrected chi connectivity index (χ4v) is 2.67. The van der Waals surface area contributed by atoms with E-state index in [2.05, 4.69) is 15.9 Å². The Morgan fingerprint density at radius 2 is 1.48 bits per heavy atom. The molecule has 3 rings (SSSR count). The van der Waals surface area contributed by atoms with Gasteiger partial charge in [0.2, 0.25) is 0 Å². The van der Waals surface area contributed by atoms with Gasteiger partial charge in [-0.15, -0.1) is 0 Å². The second-order valence-corrected chi connectivity index (χ2v) is 5.57. The van der Waals surface area contributed by atoms with Crippen molar-refractivity contribution in [2.75, 3.05) is 4.90 Å². The van der Waals surface area contributed by atoms with Gasteiger partial charge in [-0.05, 0) is 52.7 Å². The number of hydrogen-bond acceptors (Lipinski definition) is 2. The lowest BCUT2D eigenvalue weighted by Gasteiger charge is -2.16. The summed E-state index contributed by atoms with van der Waals surface area (Å²) in [6.45, 7) is 1.81. The Hall–Kier alpha value is -2.08. The second-order valence-electron chi connectivity index (χ2n) is 4.71. The molecule has 0 unspecified atom stereocenters. The van der Waals surface area contributed by atoms with Crippen LogP contribution in [0.1, 0.15) is 26.3 Å². The van der Waals surface area contributed by atoms with E-state index < -0.39 is 23.4 Å². The molecule has 3 nitrogen and oxygen atoms in total. The van der Waals surface area contributed by atoms with Crippen LogP contribution in [0.4, 0.5) is 14.5 Å². The molecule has 0 N–H and O–H groups in total. The highest BCUT2D eigenvalue weighted by molar-refractivity contribution is 9.10. The molecule has 0 spiro atoms. The highest BCUT2D eigenvalue weighted by Gasteiger charge is 2.38. The van der Waals surface area contributed by atoms with E-state index in [4.69, 9.17) is 0 Å². The van der Waals surface area contributed by atoms with Crippen molar-refractivity contribution >= 4 is 33.4 Å². The third-order valence-electron chi connectivity index (χ3n) is 3.27. The SMILES string of the molecule is Cc1ccc(Br)c(N2C(=O)c3cc(F)c(F)cc3C2=O)c1. The monoisotopic (exact) mass is 351 g/mol. The van der Waals surface area contributed by atoms with Crippen LogP contribution in [-0.2, 0) is 0 Å². The molecule has 2 amide bonds. The number of hydrogen-bond donors (Lipinski definition) is 0. The quantitative estimate of drug-likeness (QED) is 0.732. The summed E-state index contributed by atoms with van der Waals surface area (Å²) in [5, 5.41) is 0. The van der Waals surface area contributed by atoms with Crippen LogP contribution >= 0.6 is 15.9 Å². The number of halogens is 3. The summed E-state index contributed by atoms with van der Waals surface area (Å²) in [7, 11) is 0. The molecule has 1 aliphatic heterocycles. The Morgan fingerprint density at radius 1 is 0.952 bits per heavy atom. The number of imide groups is 1. The molecule has 0 saturated heterocycles. The fourth-order valence-electron chi connectivity index (χ4n) is 2.25. The molecule has 0 radical (unpaired) electrons. The molecular weight excluding hydrogens is 344 g/mol. The highest BCUT2D eigenvalue weighted by Crippen LogP contribution is 2.34. The molecule has 0 saturated carbocycles. The van der Waals surface area contributed by atoms with E-state index in [9.17, 15) is 18.4 Å². The van der Waals surface area contributed by atoms with Gasteiger partial charge in [0.05, 0.1) is 16.8 Å². The zero-order valence-corrected chi connectivity index (χ0v) is 12.4. The van der Waals surface area contributed by atoms with Crippen molar-refractivity contribution in [2.45, 2.75) is 6.92 Å². The van der Waals surface area contributed by atoms with Gasteiger partial charge in [0.15, 0.2) is 11.6 Å². The highest BCUT2D eigenvalue weighted by atomic mass is 79.9. The number of fused-ring (bicyclic) bond motifs is 1. The van der Waals surface area contributed by atoms with E-state index in [-0.39, 0.29) is 11.1 Å². The molecule has 0 aliphatic carbocycles. The third-order valence-corrected chi connectivity index (χ3v) is 3.94. The van der Waals surface area contributed by atoms with Crippen LogP contribution in [0, 0.1) is 18.6 Å². The molecule has 0 aromatic heterocycles. The van der Waals surface area contributed by atoms with E-state index in [0.717, 1.165) is 22.6 Å². The van der Waals surface area contributed by atoms with E-state index in [0.29, 0.717) is 10.2 Å². The first kappa shape index (κ1) is 13.9. The van der Waals surface area contributed by atoms with Crippen LogP contribution in [0.15, 0.2) is 34.8 Å². The van der Waals surface area contributed by atoms with Crippen LogP contribution in [0.2, 0.25) is 0 Å². The lowest BCUT2D eigenvalue weighted by Crippen LogP contribution is -2.29. The summed E-state index contributed by atoms with van der Waals surface area (Å²) in [6.07, 6.45) is 0. The topological polar surface area (TPSA) is 37.4 Å². The number of amides is 2. The number of rotatable bonds is 1. The van der Waals surface area contributed by atoms with Gasteiger partial charge in [0.1, 0.15) is 0 Å². The van der Waals surface area contributed by atoms with Crippen LogP contribution in [-0.4, -0.2) is 11.8 Å². The van der Waals surface area contributed by atoms with E-state index in [1.807, 2.05) is 13.0 Å². The summed E-state index contributed by atoms with van der Waals surface area (Å²) in [4.78, 5) is 25.6. The van der Waals surface area contributed by atoms with E-state index in [1.165, 1.54) is 0 Å². The first-order valence-corrected chi connectivity index (χ1v) is 6.83. The number of carbonyl (C=O) groups excluding carboxylic acids is 2. The van der Waals surface area contributed by atoms with Crippen LogP contribution in [0.3, 0.4) is 0 Å². The molecule has 0 atom stereocenters. The standard InChI is InChI=1S/C15H8BrF2NO2/c1-7-2-3-10(16)13(4-7)19-14(20)8-5-11(17)12(18)6-9(8)15(19)21/h2-6H,1H3. The van der Waals surface area contributed by atoms with Crippen LogP contribution in [0.5, 0.6) is 0 Å². The molecule has 1 aliphatic rings. The Kier molecular flexibility index (Phi) is 3.13. The number of anilines is 1. The predicted molar refractivity (Wildman–Crippen MR) is 76.4 cm³/mol. The smallest absolute Gasteiger partial charge is 0.266 e. The average Bonchev–Trinajstić information content (AvgIpc) is 2.66. The van der Waals surface area contributed by atoms with E-state index >= 15 is 0 Å². The van der Waals surface area contributed by atoms with Gasteiger partial charge in [-0.25, -0.2) is 13.7 Å². The Balaban J connectivity index is 2.18. The van der Waals surface area contributed by atoms with Crippen LogP contribution < -0.4 is 4.90 Å². The van der Waals surface area contributed by atoms with Crippen molar-refractivity contribution < 1.29 is 18.4 Å². The Labute approximate surface area is 127 Å². The van der Waals surface area contributed by atoms with Crippen molar-refractivity contribution in [3.8, 4) is 0 Å². The normalized spacial score (nSPS) is 13.8. The van der Waals surface area contributed by atoms with Crippen molar-refractivity contribution in [1.29, 1.82) is 0 Å². The molecule has 6 heteroatoms. The van der Waals surface area contributed by atoms with Crippen molar-refractivity contribution in [2.24, 2.45) is 0 Å². The molecule has 2 aromatic rings. The van der Waals surface area contributed by atoms with Crippen molar-refractivity contribution in [3.05, 3.63) is 63.1 Å². The first-order valence-electron chi connectivity index (χ1n) is 6.04. The van der Waals surface area contributed by atoms with Gasteiger partial charge >= 0.3 is 0 Å². The van der Waals surface area contributed by atoms with Gasteiger partial charge < -0.3 is 0 Å². The minimum Gasteiger partial charge on any atom is -0.268 e. The maximum Gasteiger partial charge on any atom is 0.266 e. The van der Waals surface area contributed by atoms with Crippen LogP contribution in [0.25, 0.3) is 0 Å². The summed E-state index contributed by atoms with van der Waals surface area (Å²) in [6, 6.07) is 6.68. The van der Waals surface area contributed by atoms with Gasteiger partial charge in [0, 0.05) is 4.47 Å². The largest absolute Gasteiger partial charge is 0.268 e. The zero-order chi connectivity index (χ0) is 15.3. The van der Waals surface area contributed by atoms with E-state index in [1.54, 1.807) is 12.1 Å². The lowest BCUT2D eigenvalue weighted by atomic mass is 10.1. The van der Waals surface area contributed by atoms with Gasteiger partial charge in [0.25, 0.3) is 11.8 Å². The Bertz CT molecular complexity index is 764. The molecule has 21 heavy (non-hydrogen) atoms. The summed E-state index contributed by atoms with van der Waals surface area (Å²) >= 11 is 3.27. The minimum absolute atomic E-state index is 0.132. The first-order chi connectivity index (χ1) is 9.90. The summed E-state index contributed by atoms with van der Waals surface area (Å²) in [5.41, 5.74) is 0.934. The Morgan fingerprint density at radius 3 is 2.00 bits per heavy atom. The minimum atomic E-state index is -1.15. The molecule has 2 aromatic carbocycles. The molecular formula is C15H8BrF2NO2. The van der Waals surface area contributed by atoms with Crippen molar-refractivity contribution in [3.63, 3.8) is 0 Å². The number of benzene rings is 2. The maximum absolute atomic E-state index is 13.3. The molecule has 0 bridgehead atoms. The number of nitrogens with zero attached hydrogens (tertiary/aromatic N) is 1.